The largest absolute Gasteiger partial charge is 0.497 e. The molecule has 0 aliphatic carbocycles. The van der Waals surface area contributed by atoms with Crippen LogP contribution in [0.25, 0.3) is 0 Å². The number of nitrogens with two attached hydrogens (primary N) is 1. The molecule has 1 amide bonds. The van der Waals surface area contributed by atoms with Crippen LogP contribution in [0.2, 0.25) is 0 Å². The summed E-state index contributed by atoms with van der Waals surface area (Å²) in [7, 11) is 1.62. The minimum absolute atomic E-state index is 0.300. The van der Waals surface area contributed by atoms with Gasteiger partial charge in [0.1, 0.15) is 5.75 Å². The van der Waals surface area contributed by atoms with Crippen molar-refractivity contribution >= 4 is 11.9 Å². The number of hydrogen-bond donors (Lipinski definition) is 2. The van der Waals surface area contributed by atoms with Gasteiger partial charge in [-0.05, 0) is 29.8 Å². The van der Waals surface area contributed by atoms with Crippen LogP contribution in [0.5, 0.6) is 11.5 Å². The molecular weight excluding hydrogens is 258 g/mol. The second-order valence-corrected chi connectivity index (χ2v) is 3.97. The van der Waals surface area contributed by atoms with Crippen molar-refractivity contribution in [2.75, 3.05) is 12.4 Å². The maximum absolute atomic E-state index is 10.8. The van der Waals surface area contributed by atoms with Crippen molar-refractivity contribution in [3.8, 4) is 11.5 Å². The SMILES string of the molecule is COc1ccc(CNc2ncccc2OC(N)=O)cc1. The number of aromatic nitrogens is 1. The first-order valence-corrected chi connectivity index (χ1v) is 5.98. The van der Waals surface area contributed by atoms with E-state index >= 15 is 0 Å². The molecular formula is C14H15N3O3. The molecule has 0 spiro atoms. The number of benzene rings is 1. The van der Waals surface area contributed by atoms with Crippen molar-refractivity contribution in [3.05, 3.63) is 48.2 Å². The molecule has 0 saturated heterocycles. The average Bonchev–Trinajstić information content (AvgIpc) is 2.46. The van der Waals surface area contributed by atoms with Crippen molar-refractivity contribution in [1.29, 1.82) is 0 Å². The molecule has 0 atom stereocenters. The van der Waals surface area contributed by atoms with E-state index in [1.807, 2.05) is 24.3 Å². The van der Waals surface area contributed by atoms with Crippen LogP contribution in [0.3, 0.4) is 0 Å². The van der Waals surface area contributed by atoms with Gasteiger partial charge in [-0.15, -0.1) is 0 Å². The van der Waals surface area contributed by atoms with Crippen LogP contribution in [0.4, 0.5) is 10.6 Å². The van der Waals surface area contributed by atoms with Gasteiger partial charge < -0.3 is 20.5 Å². The first-order valence-electron chi connectivity index (χ1n) is 5.98. The lowest BCUT2D eigenvalue weighted by Crippen LogP contribution is -2.17. The van der Waals surface area contributed by atoms with E-state index in [1.54, 1.807) is 25.4 Å². The quantitative estimate of drug-likeness (QED) is 0.871. The van der Waals surface area contributed by atoms with Gasteiger partial charge in [-0.1, -0.05) is 12.1 Å². The fourth-order valence-corrected chi connectivity index (χ4v) is 1.64. The molecule has 0 aliphatic heterocycles. The number of nitrogens with zero attached hydrogens (tertiary/aromatic N) is 1. The van der Waals surface area contributed by atoms with Gasteiger partial charge in [-0.3, -0.25) is 0 Å². The number of anilines is 1. The zero-order valence-electron chi connectivity index (χ0n) is 11.0. The molecule has 104 valence electrons. The minimum atomic E-state index is -0.870. The van der Waals surface area contributed by atoms with Crippen molar-refractivity contribution < 1.29 is 14.3 Å². The topological polar surface area (TPSA) is 86.5 Å². The third-order valence-electron chi connectivity index (χ3n) is 2.60. The molecule has 0 unspecified atom stereocenters. The van der Waals surface area contributed by atoms with Crippen LogP contribution in [0.1, 0.15) is 5.56 Å². The predicted molar refractivity (Wildman–Crippen MR) is 74.8 cm³/mol. The van der Waals surface area contributed by atoms with E-state index in [2.05, 4.69) is 10.3 Å². The van der Waals surface area contributed by atoms with Crippen LogP contribution in [0.15, 0.2) is 42.6 Å². The highest BCUT2D eigenvalue weighted by molar-refractivity contribution is 5.70. The van der Waals surface area contributed by atoms with E-state index in [0.717, 1.165) is 11.3 Å². The molecule has 6 heteroatoms. The number of hydrogen-bond acceptors (Lipinski definition) is 5. The van der Waals surface area contributed by atoms with Crippen molar-refractivity contribution in [2.45, 2.75) is 6.54 Å². The highest BCUT2D eigenvalue weighted by Gasteiger charge is 2.07. The third-order valence-corrected chi connectivity index (χ3v) is 2.60. The van der Waals surface area contributed by atoms with Gasteiger partial charge in [0.05, 0.1) is 7.11 Å². The lowest BCUT2D eigenvalue weighted by atomic mass is 10.2. The first-order chi connectivity index (χ1) is 9.69. The van der Waals surface area contributed by atoms with Gasteiger partial charge in [-0.25, -0.2) is 9.78 Å². The lowest BCUT2D eigenvalue weighted by molar-refractivity contribution is 0.211. The molecule has 6 nitrogen and oxygen atoms in total. The molecule has 3 N–H and O–H groups in total. The fourth-order valence-electron chi connectivity index (χ4n) is 1.64. The smallest absolute Gasteiger partial charge is 0.410 e. The normalized spacial score (nSPS) is 9.85. The lowest BCUT2D eigenvalue weighted by Gasteiger charge is -2.10. The first kappa shape index (κ1) is 13.7. The molecule has 0 fully saturated rings. The van der Waals surface area contributed by atoms with E-state index in [-0.39, 0.29) is 0 Å². The number of ether oxygens (including phenoxy) is 2. The Morgan fingerprint density at radius 1 is 1.30 bits per heavy atom. The van der Waals surface area contributed by atoms with E-state index in [0.29, 0.717) is 18.1 Å². The Morgan fingerprint density at radius 3 is 2.70 bits per heavy atom. The molecule has 1 heterocycles. The number of rotatable bonds is 5. The van der Waals surface area contributed by atoms with Crippen LogP contribution in [-0.4, -0.2) is 18.2 Å². The fraction of sp³-hybridized carbons (Fsp3) is 0.143. The highest BCUT2D eigenvalue weighted by Crippen LogP contribution is 2.21. The van der Waals surface area contributed by atoms with Gasteiger partial charge in [0.15, 0.2) is 11.6 Å². The summed E-state index contributed by atoms with van der Waals surface area (Å²) < 4.78 is 9.95. The predicted octanol–water partition coefficient (Wildman–Crippen LogP) is 2.16. The standard InChI is InChI=1S/C14H15N3O3/c1-19-11-6-4-10(5-7-11)9-17-13-12(20-14(15)18)3-2-8-16-13/h2-8H,9H2,1H3,(H2,15,18)(H,16,17). The van der Waals surface area contributed by atoms with Gasteiger partial charge in [0, 0.05) is 12.7 Å². The summed E-state index contributed by atoms with van der Waals surface area (Å²) in [5.74, 6) is 1.56. The monoisotopic (exact) mass is 273 g/mol. The highest BCUT2D eigenvalue weighted by atomic mass is 16.5. The van der Waals surface area contributed by atoms with Crippen LogP contribution < -0.4 is 20.5 Å². The summed E-state index contributed by atoms with van der Waals surface area (Å²) in [5.41, 5.74) is 6.05. The molecule has 20 heavy (non-hydrogen) atoms. The molecule has 2 aromatic rings. The summed E-state index contributed by atoms with van der Waals surface area (Å²) in [4.78, 5) is 14.9. The van der Waals surface area contributed by atoms with Crippen molar-refractivity contribution in [1.82, 2.24) is 4.98 Å². The maximum Gasteiger partial charge on any atom is 0.410 e. The summed E-state index contributed by atoms with van der Waals surface area (Å²) in [6.45, 7) is 0.538. The summed E-state index contributed by atoms with van der Waals surface area (Å²) in [6, 6.07) is 10.9. The van der Waals surface area contributed by atoms with Crippen LogP contribution >= 0.6 is 0 Å². The number of amides is 1. The van der Waals surface area contributed by atoms with E-state index in [9.17, 15) is 4.79 Å². The summed E-state index contributed by atoms with van der Waals surface area (Å²) in [6.07, 6.45) is 0.731. The summed E-state index contributed by atoms with van der Waals surface area (Å²) >= 11 is 0. The Bertz CT molecular complexity index is 584. The number of primary amides is 1. The van der Waals surface area contributed by atoms with Gasteiger partial charge in [-0.2, -0.15) is 0 Å². The molecule has 1 aromatic heterocycles. The van der Waals surface area contributed by atoms with Crippen LogP contribution in [-0.2, 0) is 6.54 Å². The second-order valence-electron chi connectivity index (χ2n) is 3.97. The molecule has 0 radical (unpaired) electrons. The maximum atomic E-state index is 10.8. The molecule has 0 saturated carbocycles. The third kappa shape index (κ3) is 3.61. The minimum Gasteiger partial charge on any atom is -0.497 e. The van der Waals surface area contributed by atoms with E-state index < -0.39 is 6.09 Å². The number of nitrogens with one attached hydrogen (secondary N) is 1. The molecule has 1 aromatic carbocycles. The molecule has 0 aliphatic rings. The number of methoxy groups -OCH3 is 1. The van der Waals surface area contributed by atoms with Crippen LogP contribution in [0, 0.1) is 0 Å². The van der Waals surface area contributed by atoms with Crippen molar-refractivity contribution in [3.63, 3.8) is 0 Å². The molecule has 2 rings (SSSR count). The van der Waals surface area contributed by atoms with E-state index in [1.165, 1.54) is 0 Å². The second kappa shape index (κ2) is 6.42. The zero-order chi connectivity index (χ0) is 14.4. The molecule has 0 bridgehead atoms. The number of pyridine rings is 1. The Balaban J connectivity index is 2.04. The zero-order valence-corrected chi connectivity index (χ0v) is 11.0. The Labute approximate surface area is 116 Å². The Kier molecular flexibility index (Phi) is 4.39. The van der Waals surface area contributed by atoms with E-state index in [4.69, 9.17) is 15.2 Å². The Hall–Kier alpha value is -2.76. The van der Waals surface area contributed by atoms with Gasteiger partial charge in [0.25, 0.3) is 0 Å². The van der Waals surface area contributed by atoms with Crippen molar-refractivity contribution in [2.24, 2.45) is 5.73 Å². The van der Waals surface area contributed by atoms with Gasteiger partial charge in [0.2, 0.25) is 0 Å². The number of carbonyl (C=O) groups excluding carboxylic acids is 1. The summed E-state index contributed by atoms with van der Waals surface area (Å²) in [5, 5.41) is 3.09. The number of carbonyl (C=O) groups is 1. The van der Waals surface area contributed by atoms with Gasteiger partial charge >= 0.3 is 6.09 Å². The average molecular weight is 273 g/mol. The Morgan fingerprint density at radius 2 is 2.05 bits per heavy atom.